The van der Waals surface area contributed by atoms with E-state index >= 15 is 0 Å². The van der Waals surface area contributed by atoms with Gasteiger partial charge in [0.1, 0.15) is 0 Å². The van der Waals surface area contributed by atoms with Gasteiger partial charge < -0.3 is 5.32 Å². The minimum absolute atomic E-state index is 0.594. The van der Waals surface area contributed by atoms with Crippen LogP contribution in [0, 0.1) is 13.8 Å². The third-order valence-corrected chi connectivity index (χ3v) is 2.26. The Morgan fingerprint density at radius 2 is 1.80 bits per heavy atom. The van der Waals surface area contributed by atoms with E-state index in [1.807, 2.05) is 20.9 Å². The fourth-order valence-corrected chi connectivity index (χ4v) is 1.20. The van der Waals surface area contributed by atoms with Gasteiger partial charge in [-0.25, -0.2) is 9.97 Å². The van der Waals surface area contributed by atoms with Crippen LogP contribution in [0.5, 0.6) is 0 Å². The van der Waals surface area contributed by atoms with Crippen molar-refractivity contribution >= 4 is 11.6 Å². The largest absolute Gasteiger partial charge is 0.321 e. The summed E-state index contributed by atoms with van der Waals surface area (Å²) in [6.45, 7) is 3.95. The zero-order valence-electron chi connectivity index (χ0n) is 9.02. The van der Waals surface area contributed by atoms with E-state index in [-0.39, 0.29) is 0 Å². The van der Waals surface area contributed by atoms with Gasteiger partial charge in [-0.05, 0) is 19.4 Å². The number of hydrogen-bond donors (Lipinski definition) is 1. The molecule has 0 atom stereocenters. The molecule has 0 aliphatic heterocycles. The molecule has 15 heavy (non-hydrogen) atoms. The first-order valence-electron chi connectivity index (χ1n) is 4.71. The third-order valence-electron chi connectivity index (χ3n) is 2.26. The van der Waals surface area contributed by atoms with E-state index in [2.05, 4.69) is 20.4 Å². The van der Waals surface area contributed by atoms with Gasteiger partial charge in [-0.1, -0.05) is 0 Å². The van der Waals surface area contributed by atoms with Gasteiger partial charge >= 0.3 is 0 Å². The van der Waals surface area contributed by atoms with E-state index in [4.69, 9.17) is 0 Å². The highest BCUT2D eigenvalue weighted by molar-refractivity contribution is 5.54. The lowest BCUT2D eigenvalue weighted by Gasteiger charge is -2.03. The normalized spacial score (nSPS) is 10.3. The molecule has 0 saturated carbocycles. The summed E-state index contributed by atoms with van der Waals surface area (Å²) < 4.78 is 1.80. The summed E-state index contributed by atoms with van der Waals surface area (Å²) in [5.41, 5.74) is 3.03. The van der Waals surface area contributed by atoms with Crippen molar-refractivity contribution in [3.8, 4) is 0 Å². The highest BCUT2D eigenvalue weighted by atomic mass is 15.3. The van der Waals surface area contributed by atoms with E-state index in [9.17, 15) is 0 Å². The van der Waals surface area contributed by atoms with Crippen molar-refractivity contribution in [2.24, 2.45) is 7.05 Å². The zero-order chi connectivity index (χ0) is 10.8. The minimum Gasteiger partial charge on any atom is -0.321 e. The standard InChI is InChI=1S/C10H13N5/c1-7-4-11-10(12-5-7)14-9-6-13-15(3)8(9)2/h4-6H,1-3H3,(H,11,12,14). The smallest absolute Gasteiger partial charge is 0.227 e. The molecule has 0 aromatic carbocycles. The van der Waals surface area contributed by atoms with E-state index in [1.165, 1.54) is 0 Å². The summed E-state index contributed by atoms with van der Waals surface area (Å²) >= 11 is 0. The Morgan fingerprint density at radius 1 is 1.13 bits per heavy atom. The second-order valence-electron chi connectivity index (χ2n) is 3.48. The van der Waals surface area contributed by atoms with Crippen molar-refractivity contribution in [3.63, 3.8) is 0 Å². The van der Waals surface area contributed by atoms with Crippen LogP contribution in [0.1, 0.15) is 11.3 Å². The predicted octanol–water partition coefficient (Wildman–Crippen LogP) is 1.57. The van der Waals surface area contributed by atoms with Crippen molar-refractivity contribution < 1.29 is 0 Å². The minimum atomic E-state index is 0.594. The summed E-state index contributed by atoms with van der Waals surface area (Å²) in [5.74, 6) is 0.594. The summed E-state index contributed by atoms with van der Waals surface area (Å²) in [4.78, 5) is 8.33. The molecule has 0 aliphatic rings. The number of aromatic nitrogens is 4. The first-order chi connectivity index (χ1) is 7.16. The van der Waals surface area contributed by atoms with Crippen molar-refractivity contribution in [2.75, 3.05) is 5.32 Å². The SMILES string of the molecule is Cc1cnc(Nc2cnn(C)c2C)nc1. The molecule has 0 unspecified atom stereocenters. The first-order valence-corrected chi connectivity index (χ1v) is 4.71. The molecule has 0 bridgehead atoms. The molecule has 2 heterocycles. The fraction of sp³-hybridized carbons (Fsp3) is 0.300. The number of anilines is 2. The van der Waals surface area contributed by atoms with Crippen LogP contribution in [-0.2, 0) is 7.05 Å². The molecule has 78 valence electrons. The quantitative estimate of drug-likeness (QED) is 0.805. The van der Waals surface area contributed by atoms with Gasteiger partial charge in [-0.15, -0.1) is 0 Å². The average molecular weight is 203 g/mol. The molecular weight excluding hydrogens is 190 g/mol. The number of nitrogens with zero attached hydrogens (tertiary/aromatic N) is 4. The van der Waals surface area contributed by atoms with E-state index in [0.29, 0.717) is 5.95 Å². The molecule has 0 saturated heterocycles. The topological polar surface area (TPSA) is 55.6 Å². The van der Waals surface area contributed by atoms with Crippen LogP contribution in [0.25, 0.3) is 0 Å². The maximum Gasteiger partial charge on any atom is 0.227 e. The van der Waals surface area contributed by atoms with E-state index in [0.717, 1.165) is 16.9 Å². The second kappa shape index (κ2) is 3.68. The van der Waals surface area contributed by atoms with Crippen LogP contribution in [0.3, 0.4) is 0 Å². The molecule has 5 heteroatoms. The Morgan fingerprint density at radius 3 is 2.33 bits per heavy atom. The Kier molecular flexibility index (Phi) is 2.37. The van der Waals surface area contributed by atoms with Gasteiger partial charge in [0.05, 0.1) is 17.6 Å². The lowest BCUT2D eigenvalue weighted by molar-refractivity contribution is 0.740. The monoisotopic (exact) mass is 203 g/mol. The highest BCUT2D eigenvalue weighted by Gasteiger charge is 2.04. The summed E-state index contributed by atoms with van der Waals surface area (Å²) in [7, 11) is 1.90. The summed E-state index contributed by atoms with van der Waals surface area (Å²) in [6.07, 6.45) is 5.32. The number of nitrogens with one attached hydrogen (secondary N) is 1. The molecule has 0 fully saturated rings. The first kappa shape index (κ1) is 9.64. The van der Waals surface area contributed by atoms with Gasteiger partial charge in [-0.3, -0.25) is 4.68 Å². The van der Waals surface area contributed by atoms with Gasteiger partial charge in [0.15, 0.2) is 0 Å². The molecule has 0 spiro atoms. The summed E-state index contributed by atoms with van der Waals surface area (Å²) in [6, 6.07) is 0. The van der Waals surface area contributed by atoms with Crippen molar-refractivity contribution in [3.05, 3.63) is 29.8 Å². The van der Waals surface area contributed by atoms with Crippen LogP contribution in [0.15, 0.2) is 18.6 Å². The molecule has 0 amide bonds. The molecule has 2 rings (SSSR count). The Bertz CT molecular complexity index is 457. The molecule has 5 nitrogen and oxygen atoms in total. The molecular formula is C10H13N5. The van der Waals surface area contributed by atoms with Gasteiger partial charge in [0.2, 0.25) is 5.95 Å². The highest BCUT2D eigenvalue weighted by Crippen LogP contribution is 2.15. The Balaban J connectivity index is 2.22. The van der Waals surface area contributed by atoms with Gasteiger partial charge in [0.25, 0.3) is 0 Å². The van der Waals surface area contributed by atoms with Crippen molar-refractivity contribution in [1.29, 1.82) is 0 Å². The van der Waals surface area contributed by atoms with Gasteiger partial charge in [0, 0.05) is 19.4 Å². The van der Waals surface area contributed by atoms with Crippen molar-refractivity contribution in [2.45, 2.75) is 13.8 Å². The van der Waals surface area contributed by atoms with Crippen LogP contribution >= 0.6 is 0 Å². The lowest BCUT2D eigenvalue weighted by Crippen LogP contribution is -1.98. The summed E-state index contributed by atoms with van der Waals surface area (Å²) in [5, 5.41) is 7.24. The van der Waals surface area contributed by atoms with Crippen LogP contribution in [0.4, 0.5) is 11.6 Å². The predicted molar refractivity (Wildman–Crippen MR) is 58.0 cm³/mol. The molecule has 0 radical (unpaired) electrons. The number of rotatable bonds is 2. The maximum atomic E-state index is 4.16. The Hall–Kier alpha value is -1.91. The van der Waals surface area contributed by atoms with E-state index in [1.54, 1.807) is 23.3 Å². The third kappa shape index (κ3) is 1.96. The maximum absolute atomic E-state index is 4.16. The molecule has 2 aromatic heterocycles. The fourth-order valence-electron chi connectivity index (χ4n) is 1.20. The van der Waals surface area contributed by atoms with Crippen LogP contribution < -0.4 is 5.32 Å². The Labute approximate surface area is 88.2 Å². The molecule has 1 N–H and O–H groups in total. The van der Waals surface area contributed by atoms with Crippen LogP contribution in [0.2, 0.25) is 0 Å². The average Bonchev–Trinajstić information content (AvgIpc) is 2.53. The molecule has 2 aromatic rings. The van der Waals surface area contributed by atoms with Crippen LogP contribution in [-0.4, -0.2) is 19.7 Å². The van der Waals surface area contributed by atoms with Gasteiger partial charge in [-0.2, -0.15) is 5.10 Å². The number of hydrogen-bond acceptors (Lipinski definition) is 4. The lowest BCUT2D eigenvalue weighted by atomic mass is 10.4. The van der Waals surface area contributed by atoms with E-state index < -0.39 is 0 Å². The second-order valence-corrected chi connectivity index (χ2v) is 3.48. The zero-order valence-corrected chi connectivity index (χ0v) is 9.02. The molecule has 0 aliphatic carbocycles. The number of aryl methyl sites for hydroxylation is 2. The van der Waals surface area contributed by atoms with Crippen molar-refractivity contribution in [1.82, 2.24) is 19.7 Å².